The van der Waals surface area contributed by atoms with Gasteiger partial charge < -0.3 is 15.0 Å². The van der Waals surface area contributed by atoms with Crippen LogP contribution in [0.3, 0.4) is 0 Å². The second kappa shape index (κ2) is 8.76. The molecule has 0 saturated heterocycles. The summed E-state index contributed by atoms with van der Waals surface area (Å²) in [6, 6.07) is 2.31. The van der Waals surface area contributed by atoms with Gasteiger partial charge in [-0.15, -0.1) is 0 Å². The Bertz CT molecular complexity index is 282. The van der Waals surface area contributed by atoms with Crippen LogP contribution in [0.1, 0.15) is 38.5 Å². The molecule has 0 radical (unpaired) electrons. The fraction of sp³-hybridized carbons (Fsp3) is 0.846. The standard InChI is InChI=1S/C13H23N3O2/c1-18-11-10-16(9-5-8-14)13(17)15-12-6-3-2-4-7-12/h12H,2-7,9-11H2,1H3,(H,15,17). The number of hydrogen-bond acceptors (Lipinski definition) is 3. The maximum atomic E-state index is 12.1. The summed E-state index contributed by atoms with van der Waals surface area (Å²) >= 11 is 0. The number of ether oxygens (including phenoxy) is 1. The Balaban J connectivity index is 2.38. The Morgan fingerprint density at radius 2 is 2.11 bits per heavy atom. The maximum Gasteiger partial charge on any atom is 0.317 e. The Kier molecular flexibility index (Phi) is 7.19. The Morgan fingerprint density at radius 3 is 2.72 bits per heavy atom. The highest BCUT2D eigenvalue weighted by molar-refractivity contribution is 5.74. The molecular formula is C13H23N3O2. The first-order valence-corrected chi connectivity index (χ1v) is 6.69. The van der Waals surface area contributed by atoms with Gasteiger partial charge in [0.1, 0.15) is 0 Å². The fourth-order valence-electron chi connectivity index (χ4n) is 2.21. The summed E-state index contributed by atoms with van der Waals surface area (Å²) in [4.78, 5) is 13.7. The van der Waals surface area contributed by atoms with Gasteiger partial charge in [-0.1, -0.05) is 19.3 Å². The minimum absolute atomic E-state index is 0.0609. The number of nitrogens with zero attached hydrogens (tertiary/aromatic N) is 2. The Labute approximate surface area is 109 Å². The van der Waals surface area contributed by atoms with E-state index in [1.54, 1.807) is 12.0 Å². The van der Waals surface area contributed by atoms with Crippen LogP contribution < -0.4 is 5.32 Å². The SMILES string of the molecule is COCCN(CCC#N)C(=O)NC1CCCCC1. The quantitative estimate of drug-likeness (QED) is 0.786. The van der Waals surface area contributed by atoms with Crippen LogP contribution in [0.25, 0.3) is 0 Å². The van der Waals surface area contributed by atoms with E-state index in [2.05, 4.69) is 11.4 Å². The second-order valence-electron chi connectivity index (χ2n) is 4.67. The first-order chi connectivity index (χ1) is 8.77. The van der Waals surface area contributed by atoms with Gasteiger partial charge in [0, 0.05) is 26.2 Å². The van der Waals surface area contributed by atoms with Crippen LogP contribution in [-0.4, -0.2) is 43.8 Å². The molecule has 2 amide bonds. The lowest BCUT2D eigenvalue weighted by molar-refractivity contribution is 0.147. The van der Waals surface area contributed by atoms with Gasteiger partial charge in [0.05, 0.1) is 19.1 Å². The van der Waals surface area contributed by atoms with Gasteiger partial charge in [-0.25, -0.2) is 4.79 Å². The van der Waals surface area contributed by atoms with Crippen LogP contribution in [0.4, 0.5) is 4.79 Å². The molecule has 1 fully saturated rings. The van der Waals surface area contributed by atoms with E-state index >= 15 is 0 Å². The predicted octanol–water partition coefficient (Wildman–Crippen LogP) is 1.89. The number of rotatable bonds is 6. The first-order valence-electron chi connectivity index (χ1n) is 6.69. The zero-order valence-corrected chi connectivity index (χ0v) is 11.2. The number of methoxy groups -OCH3 is 1. The molecule has 0 heterocycles. The zero-order valence-electron chi connectivity index (χ0n) is 11.2. The molecule has 0 aliphatic heterocycles. The van der Waals surface area contributed by atoms with Crippen molar-refractivity contribution in [3.05, 3.63) is 0 Å². The van der Waals surface area contributed by atoms with Crippen molar-refractivity contribution in [3.8, 4) is 6.07 Å². The number of carbonyl (C=O) groups excluding carboxylic acids is 1. The molecule has 0 unspecified atom stereocenters. The molecule has 1 saturated carbocycles. The number of amides is 2. The van der Waals surface area contributed by atoms with E-state index in [-0.39, 0.29) is 6.03 Å². The van der Waals surface area contributed by atoms with Crippen molar-refractivity contribution in [3.63, 3.8) is 0 Å². The number of hydrogen-bond donors (Lipinski definition) is 1. The number of carbonyl (C=O) groups is 1. The molecule has 0 spiro atoms. The van der Waals surface area contributed by atoms with Gasteiger partial charge in [0.2, 0.25) is 0 Å². The maximum absolute atomic E-state index is 12.1. The molecule has 18 heavy (non-hydrogen) atoms. The molecule has 5 nitrogen and oxygen atoms in total. The number of nitrogens with one attached hydrogen (secondary N) is 1. The summed E-state index contributed by atoms with van der Waals surface area (Å²) in [5.41, 5.74) is 0. The minimum Gasteiger partial charge on any atom is -0.383 e. The van der Waals surface area contributed by atoms with Crippen molar-refractivity contribution in [2.24, 2.45) is 0 Å². The van der Waals surface area contributed by atoms with Crippen molar-refractivity contribution < 1.29 is 9.53 Å². The molecule has 0 aromatic rings. The van der Waals surface area contributed by atoms with Crippen molar-refractivity contribution in [1.29, 1.82) is 5.26 Å². The fourth-order valence-corrected chi connectivity index (χ4v) is 2.21. The molecule has 0 aromatic carbocycles. The molecule has 5 heteroatoms. The van der Waals surface area contributed by atoms with Gasteiger partial charge in [-0.2, -0.15) is 5.26 Å². The first kappa shape index (κ1) is 14.8. The molecular weight excluding hydrogens is 230 g/mol. The lowest BCUT2D eigenvalue weighted by Gasteiger charge is -2.27. The number of nitriles is 1. The van der Waals surface area contributed by atoms with Crippen molar-refractivity contribution in [1.82, 2.24) is 10.2 Å². The monoisotopic (exact) mass is 253 g/mol. The molecule has 1 aliphatic carbocycles. The average molecular weight is 253 g/mol. The van der Waals surface area contributed by atoms with E-state index in [0.717, 1.165) is 12.8 Å². The minimum atomic E-state index is -0.0609. The Morgan fingerprint density at radius 1 is 1.39 bits per heavy atom. The summed E-state index contributed by atoms with van der Waals surface area (Å²) in [5, 5.41) is 11.7. The van der Waals surface area contributed by atoms with Gasteiger partial charge in [0.15, 0.2) is 0 Å². The average Bonchev–Trinajstić information content (AvgIpc) is 2.40. The number of urea groups is 1. The summed E-state index contributed by atoms with van der Waals surface area (Å²) in [6.07, 6.45) is 6.17. The predicted molar refractivity (Wildman–Crippen MR) is 69.1 cm³/mol. The van der Waals surface area contributed by atoms with Crippen LogP contribution >= 0.6 is 0 Å². The van der Waals surface area contributed by atoms with Crippen LogP contribution in [0.5, 0.6) is 0 Å². The van der Waals surface area contributed by atoms with Crippen LogP contribution in [0.2, 0.25) is 0 Å². The van der Waals surface area contributed by atoms with E-state index in [9.17, 15) is 4.79 Å². The zero-order chi connectivity index (χ0) is 13.2. The van der Waals surface area contributed by atoms with Crippen LogP contribution in [0, 0.1) is 11.3 Å². The smallest absolute Gasteiger partial charge is 0.317 e. The van der Waals surface area contributed by atoms with Crippen LogP contribution in [0.15, 0.2) is 0 Å². The summed E-state index contributed by atoms with van der Waals surface area (Å²) in [5.74, 6) is 0. The van der Waals surface area contributed by atoms with E-state index < -0.39 is 0 Å². The molecule has 0 bridgehead atoms. The molecule has 0 atom stereocenters. The molecule has 1 aliphatic rings. The summed E-state index contributed by atoms with van der Waals surface area (Å²) in [6.45, 7) is 1.51. The van der Waals surface area contributed by atoms with E-state index in [4.69, 9.17) is 10.00 Å². The third kappa shape index (κ3) is 5.37. The normalized spacial score (nSPS) is 16.0. The second-order valence-corrected chi connectivity index (χ2v) is 4.67. The highest BCUT2D eigenvalue weighted by atomic mass is 16.5. The highest BCUT2D eigenvalue weighted by Crippen LogP contribution is 2.17. The van der Waals surface area contributed by atoms with Crippen molar-refractivity contribution in [2.75, 3.05) is 26.8 Å². The lowest BCUT2D eigenvalue weighted by atomic mass is 9.96. The van der Waals surface area contributed by atoms with Gasteiger partial charge in [-0.3, -0.25) is 0 Å². The summed E-state index contributed by atoms with van der Waals surface area (Å²) in [7, 11) is 1.61. The van der Waals surface area contributed by atoms with E-state index in [1.165, 1.54) is 19.3 Å². The van der Waals surface area contributed by atoms with Crippen molar-refractivity contribution in [2.45, 2.75) is 44.6 Å². The van der Waals surface area contributed by atoms with E-state index in [0.29, 0.717) is 32.2 Å². The van der Waals surface area contributed by atoms with Gasteiger partial charge in [0.25, 0.3) is 0 Å². The summed E-state index contributed by atoms with van der Waals surface area (Å²) < 4.78 is 4.99. The van der Waals surface area contributed by atoms with Gasteiger partial charge >= 0.3 is 6.03 Å². The topological polar surface area (TPSA) is 65.4 Å². The third-order valence-electron chi connectivity index (χ3n) is 3.28. The third-order valence-corrected chi connectivity index (χ3v) is 3.28. The molecule has 102 valence electrons. The Hall–Kier alpha value is -1.28. The molecule has 0 aromatic heterocycles. The van der Waals surface area contributed by atoms with E-state index in [1.807, 2.05) is 0 Å². The highest BCUT2D eigenvalue weighted by Gasteiger charge is 2.19. The van der Waals surface area contributed by atoms with Crippen LogP contribution in [-0.2, 0) is 4.74 Å². The largest absolute Gasteiger partial charge is 0.383 e. The van der Waals surface area contributed by atoms with Gasteiger partial charge in [-0.05, 0) is 12.8 Å². The lowest BCUT2D eigenvalue weighted by Crippen LogP contribution is -2.46. The molecule has 1 rings (SSSR count). The van der Waals surface area contributed by atoms with Crippen molar-refractivity contribution >= 4 is 6.03 Å². The molecule has 1 N–H and O–H groups in total.